The van der Waals surface area contributed by atoms with Crippen LogP contribution >= 0.6 is 11.8 Å². The molecule has 0 bridgehead atoms. The maximum atomic E-state index is 11.7. The molecule has 0 atom stereocenters. The van der Waals surface area contributed by atoms with E-state index in [2.05, 4.69) is 20.5 Å². The van der Waals surface area contributed by atoms with Crippen molar-refractivity contribution in [1.82, 2.24) is 20.3 Å². The van der Waals surface area contributed by atoms with Gasteiger partial charge >= 0.3 is 0 Å². The Bertz CT molecular complexity index is 564. The molecule has 1 aromatic rings. The molecule has 118 valence electrons. The Balaban J connectivity index is 1.84. The number of hydrogen-bond donors (Lipinski definition) is 1. The number of thioether (sulfide) groups is 1. The third kappa shape index (κ3) is 4.69. The van der Waals surface area contributed by atoms with Crippen molar-refractivity contribution in [3.8, 4) is 5.88 Å². The van der Waals surface area contributed by atoms with Crippen molar-refractivity contribution in [2.24, 2.45) is 11.0 Å². The first kappa shape index (κ1) is 16.2. The summed E-state index contributed by atoms with van der Waals surface area (Å²) in [6.07, 6.45) is 4.39. The molecule has 2 heterocycles. The fourth-order valence-electron chi connectivity index (χ4n) is 1.67. The minimum Gasteiger partial charge on any atom is -0.466 e. The molecule has 0 spiro atoms. The molecule has 22 heavy (non-hydrogen) atoms. The van der Waals surface area contributed by atoms with Crippen molar-refractivity contribution in [3.05, 3.63) is 18.6 Å². The summed E-state index contributed by atoms with van der Waals surface area (Å²) in [5.74, 6) is 0.503. The van der Waals surface area contributed by atoms with E-state index >= 15 is 0 Å². The quantitative estimate of drug-likeness (QED) is 0.765. The highest BCUT2D eigenvalue weighted by molar-refractivity contribution is 8.15. The molecule has 0 radical (unpaired) electrons. The van der Waals surface area contributed by atoms with E-state index in [9.17, 15) is 9.59 Å². The number of hydrogen-bond acceptors (Lipinski definition) is 7. The number of rotatable bonds is 6. The molecule has 1 aliphatic rings. The van der Waals surface area contributed by atoms with Gasteiger partial charge in [-0.15, -0.1) is 5.10 Å². The van der Waals surface area contributed by atoms with E-state index < -0.39 is 5.91 Å². The second-order valence-corrected chi connectivity index (χ2v) is 5.89. The lowest BCUT2D eigenvalue weighted by Crippen LogP contribution is -2.35. The average molecular weight is 323 g/mol. The molecule has 2 rings (SSSR count). The van der Waals surface area contributed by atoms with E-state index in [0.717, 1.165) is 0 Å². The van der Waals surface area contributed by atoms with Gasteiger partial charge in [0.15, 0.2) is 11.8 Å². The van der Waals surface area contributed by atoms with Crippen molar-refractivity contribution in [2.45, 2.75) is 13.8 Å². The summed E-state index contributed by atoms with van der Waals surface area (Å²) >= 11 is 1.31. The van der Waals surface area contributed by atoms with Crippen LogP contribution < -0.4 is 10.2 Å². The van der Waals surface area contributed by atoms with E-state index in [1.165, 1.54) is 30.4 Å². The zero-order chi connectivity index (χ0) is 15.9. The van der Waals surface area contributed by atoms with Gasteiger partial charge < -0.3 is 4.74 Å². The van der Waals surface area contributed by atoms with Crippen LogP contribution in [0.4, 0.5) is 0 Å². The van der Waals surface area contributed by atoms with Gasteiger partial charge in [-0.3, -0.25) is 19.5 Å². The summed E-state index contributed by atoms with van der Waals surface area (Å²) in [5, 5.41) is 4.50. The highest BCUT2D eigenvalue weighted by Gasteiger charge is 2.28. The molecule has 1 aliphatic heterocycles. The van der Waals surface area contributed by atoms with Crippen LogP contribution in [0.3, 0.4) is 0 Å². The van der Waals surface area contributed by atoms with Crippen LogP contribution in [-0.4, -0.2) is 50.8 Å². The zero-order valence-electron chi connectivity index (χ0n) is 12.4. The lowest BCUT2D eigenvalue weighted by Gasteiger charge is -2.17. The van der Waals surface area contributed by atoms with Gasteiger partial charge in [-0.25, -0.2) is 10.4 Å². The van der Waals surface area contributed by atoms with Gasteiger partial charge in [-0.1, -0.05) is 25.6 Å². The minimum absolute atomic E-state index is 0.00232. The predicted molar refractivity (Wildman–Crippen MR) is 82.1 cm³/mol. The Labute approximate surface area is 132 Å². The standard InChI is InChI=1S/C13H17N5O3S/c1-9(2)6-18-12(20)8-22-13(18)17-16-10(19)7-21-11-5-14-3-4-15-11/h3-5,9H,6-8H2,1-2H3,(H,16,19)/b17-13-. The van der Waals surface area contributed by atoms with Crippen LogP contribution in [0.5, 0.6) is 5.88 Å². The molecule has 0 aromatic carbocycles. The topological polar surface area (TPSA) is 96.8 Å². The van der Waals surface area contributed by atoms with Crippen LogP contribution in [0.2, 0.25) is 0 Å². The molecule has 9 heteroatoms. The Morgan fingerprint density at radius 3 is 3.05 bits per heavy atom. The highest BCUT2D eigenvalue weighted by Crippen LogP contribution is 2.20. The van der Waals surface area contributed by atoms with Gasteiger partial charge in [0.05, 0.1) is 11.9 Å². The zero-order valence-corrected chi connectivity index (χ0v) is 13.2. The molecule has 1 saturated heterocycles. The molecular weight excluding hydrogens is 306 g/mol. The molecule has 1 aromatic heterocycles. The number of hydrazone groups is 1. The van der Waals surface area contributed by atoms with Crippen LogP contribution in [-0.2, 0) is 9.59 Å². The first-order valence-corrected chi connectivity index (χ1v) is 7.73. The number of carbonyl (C=O) groups is 2. The molecule has 0 unspecified atom stereocenters. The van der Waals surface area contributed by atoms with Gasteiger partial charge in [0, 0.05) is 18.9 Å². The molecular formula is C13H17N5O3S. The van der Waals surface area contributed by atoms with Crippen molar-refractivity contribution >= 4 is 28.7 Å². The third-order valence-electron chi connectivity index (χ3n) is 2.57. The van der Waals surface area contributed by atoms with Crippen molar-refractivity contribution < 1.29 is 14.3 Å². The number of carbonyl (C=O) groups excluding carboxylic acids is 2. The predicted octanol–water partition coefficient (Wildman–Crippen LogP) is 0.474. The van der Waals surface area contributed by atoms with Gasteiger partial charge in [0.25, 0.3) is 5.91 Å². The van der Waals surface area contributed by atoms with Gasteiger partial charge in [-0.05, 0) is 5.92 Å². The van der Waals surface area contributed by atoms with E-state index in [1.807, 2.05) is 13.8 Å². The summed E-state index contributed by atoms with van der Waals surface area (Å²) in [6.45, 7) is 4.39. The summed E-state index contributed by atoms with van der Waals surface area (Å²) in [5.41, 5.74) is 2.38. The number of nitrogens with zero attached hydrogens (tertiary/aromatic N) is 4. The lowest BCUT2D eigenvalue weighted by molar-refractivity contribution is -0.125. The van der Waals surface area contributed by atoms with Gasteiger partial charge in [0.2, 0.25) is 11.8 Å². The number of aromatic nitrogens is 2. The Kier molecular flexibility index (Phi) is 5.70. The van der Waals surface area contributed by atoms with E-state index in [1.54, 1.807) is 4.90 Å². The fraction of sp³-hybridized carbons (Fsp3) is 0.462. The van der Waals surface area contributed by atoms with Crippen molar-refractivity contribution in [3.63, 3.8) is 0 Å². The molecule has 2 amide bonds. The Morgan fingerprint density at radius 2 is 2.36 bits per heavy atom. The van der Waals surface area contributed by atoms with Gasteiger partial charge in [0.1, 0.15) is 0 Å². The molecule has 0 saturated carbocycles. The minimum atomic E-state index is -0.428. The maximum Gasteiger partial charge on any atom is 0.278 e. The van der Waals surface area contributed by atoms with E-state index in [-0.39, 0.29) is 18.4 Å². The molecule has 1 N–H and O–H groups in total. The van der Waals surface area contributed by atoms with E-state index in [0.29, 0.717) is 23.4 Å². The second-order valence-electron chi connectivity index (χ2n) is 4.95. The monoisotopic (exact) mass is 323 g/mol. The molecule has 0 aliphatic carbocycles. The number of nitrogens with one attached hydrogen (secondary N) is 1. The SMILES string of the molecule is CC(C)CN1C(=O)CS/C1=N\NC(=O)COc1cnccn1. The number of amides is 2. The lowest BCUT2D eigenvalue weighted by atomic mass is 10.2. The van der Waals surface area contributed by atoms with Crippen molar-refractivity contribution in [1.29, 1.82) is 0 Å². The second kappa shape index (κ2) is 7.74. The summed E-state index contributed by atoms with van der Waals surface area (Å²) in [7, 11) is 0. The Morgan fingerprint density at radius 1 is 1.55 bits per heavy atom. The van der Waals surface area contributed by atoms with Crippen LogP contribution in [0.15, 0.2) is 23.7 Å². The van der Waals surface area contributed by atoms with Crippen LogP contribution in [0.1, 0.15) is 13.8 Å². The number of ether oxygens (including phenoxy) is 1. The largest absolute Gasteiger partial charge is 0.466 e. The fourth-order valence-corrected chi connectivity index (χ4v) is 2.52. The van der Waals surface area contributed by atoms with Crippen LogP contribution in [0, 0.1) is 5.92 Å². The highest BCUT2D eigenvalue weighted by atomic mass is 32.2. The smallest absolute Gasteiger partial charge is 0.278 e. The summed E-state index contributed by atoms with van der Waals surface area (Å²) in [6, 6.07) is 0. The first-order chi connectivity index (χ1) is 10.6. The Hall–Kier alpha value is -2.16. The van der Waals surface area contributed by atoms with E-state index in [4.69, 9.17) is 4.74 Å². The average Bonchev–Trinajstić information content (AvgIpc) is 2.84. The van der Waals surface area contributed by atoms with Gasteiger partial charge in [-0.2, -0.15) is 0 Å². The third-order valence-corrected chi connectivity index (χ3v) is 3.53. The number of amidine groups is 1. The summed E-state index contributed by atoms with van der Waals surface area (Å²) in [4.78, 5) is 32.7. The normalized spacial score (nSPS) is 16.4. The maximum absolute atomic E-state index is 11.7. The van der Waals surface area contributed by atoms with Crippen LogP contribution in [0.25, 0.3) is 0 Å². The molecule has 1 fully saturated rings. The summed E-state index contributed by atoms with van der Waals surface area (Å²) < 4.78 is 5.15. The first-order valence-electron chi connectivity index (χ1n) is 6.74. The van der Waals surface area contributed by atoms with Crippen molar-refractivity contribution in [2.75, 3.05) is 18.9 Å². The molecule has 8 nitrogen and oxygen atoms in total.